The standard InChI is InChI=1S/C20H40N2O5/c23-19-15-21-7-3-1-4-8-22(10-6-2-5-9-21)16-20(24)18-27-14-12-25-11-13-26-17-19/h19-20,23-24H,1-18H2. The second-order valence-electron chi connectivity index (χ2n) is 7.79. The van der Waals surface area contributed by atoms with Crippen LogP contribution in [0.2, 0.25) is 0 Å². The van der Waals surface area contributed by atoms with Crippen LogP contribution in [0.15, 0.2) is 0 Å². The molecule has 3 saturated heterocycles. The Balaban J connectivity index is 1.88. The lowest BCUT2D eigenvalue weighted by atomic mass is 10.1. The van der Waals surface area contributed by atoms with Gasteiger partial charge in [-0.2, -0.15) is 0 Å². The largest absolute Gasteiger partial charge is 0.389 e. The van der Waals surface area contributed by atoms with E-state index in [1.807, 2.05) is 0 Å². The van der Waals surface area contributed by atoms with Crippen LogP contribution in [-0.2, 0) is 14.2 Å². The van der Waals surface area contributed by atoms with Crippen molar-refractivity contribution >= 4 is 0 Å². The molecule has 2 bridgehead atoms. The van der Waals surface area contributed by atoms with Gasteiger partial charge in [-0.1, -0.05) is 12.8 Å². The first-order valence-corrected chi connectivity index (χ1v) is 10.8. The molecule has 0 spiro atoms. The molecule has 7 heteroatoms. The van der Waals surface area contributed by atoms with Crippen LogP contribution in [0.1, 0.15) is 38.5 Å². The Bertz CT molecular complexity index is 317. The van der Waals surface area contributed by atoms with Crippen LogP contribution < -0.4 is 0 Å². The van der Waals surface area contributed by atoms with Crippen molar-refractivity contribution in [3.63, 3.8) is 0 Å². The van der Waals surface area contributed by atoms with Gasteiger partial charge in [-0.3, -0.25) is 0 Å². The second-order valence-corrected chi connectivity index (χ2v) is 7.79. The fraction of sp³-hybridized carbons (Fsp3) is 1.00. The highest BCUT2D eigenvalue weighted by molar-refractivity contribution is 4.69. The van der Waals surface area contributed by atoms with Gasteiger partial charge in [0.25, 0.3) is 0 Å². The summed E-state index contributed by atoms with van der Waals surface area (Å²) in [7, 11) is 0. The molecule has 7 nitrogen and oxygen atoms in total. The highest BCUT2D eigenvalue weighted by Gasteiger charge is 2.15. The van der Waals surface area contributed by atoms with Crippen molar-refractivity contribution in [2.24, 2.45) is 0 Å². The Hall–Kier alpha value is -0.280. The third-order valence-corrected chi connectivity index (χ3v) is 5.20. The van der Waals surface area contributed by atoms with Crippen molar-refractivity contribution in [3.8, 4) is 0 Å². The van der Waals surface area contributed by atoms with Crippen molar-refractivity contribution in [1.82, 2.24) is 9.80 Å². The van der Waals surface area contributed by atoms with E-state index in [-0.39, 0.29) is 0 Å². The smallest absolute Gasteiger partial charge is 0.0900 e. The Labute approximate surface area is 164 Å². The number of rotatable bonds is 0. The van der Waals surface area contributed by atoms with E-state index < -0.39 is 12.2 Å². The molecule has 0 radical (unpaired) electrons. The highest BCUT2D eigenvalue weighted by atomic mass is 16.5. The Kier molecular flexibility index (Phi) is 12.5. The Morgan fingerprint density at radius 2 is 0.889 bits per heavy atom. The first kappa shape index (κ1) is 23.0. The molecule has 3 aliphatic rings. The molecule has 3 rings (SSSR count). The summed E-state index contributed by atoms with van der Waals surface area (Å²) in [5.74, 6) is 0. The fourth-order valence-corrected chi connectivity index (χ4v) is 3.76. The zero-order valence-electron chi connectivity index (χ0n) is 16.9. The van der Waals surface area contributed by atoms with Gasteiger partial charge in [-0.05, 0) is 51.9 Å². The first-order chi connectivity index (χ1) is 13.2. The van der Waals surface area contributed by atoms with Gasteiger partial charge >= 0.3 is 0 Å². The molecule has 2 atom stereocenters. The minimum atomic E-state index is -0.441. The number of aliphatic hydroxyl groups is 2. The van der Waals surface area contributed by atoms with Gasteiger partial charge in [-0.25, -0.2) is 0 Å². The zero-order chi connectivity index (χ0) is 19.2. The lowest BCUT2D eigenvalue weighted by Gasteiger charge is -2.28. The molecule has 0 aromatic heterocycles. The second kappa shape index (κ2) is 14.7. The minimum Gasteiger partial charge on any atom is -0.389 e. The van der Waals surface area contributed by atoms with Crippen molar-refractivity contribution < 1.29 is 24.4 Å². The van der Waals surface area contributed by atoms with Gasteiger partial charge in [0.1, 0.15) is 0 Å². The summed E-state index contributed by atoms with van der Waals surface area (Å²) in [6.07, 6.45) is 6.10. The van der Waals surface area contributed by atoms with E-state index in [1.165, 1.54) is 12.8 Å². The van der Waals surface area contributed by atoms with E-state index in [0.29, 0.717) is 52.7 Å². The van der Waals surface area contributed by atoms with Crippen LogP contribution >= 0.6 is 0 Å². The number of fused-ring (bicyclic) bond motifs is 20. The normalized spacial score (nSPS) is 34.9. The molecule has 0 saturated carbocycles. The zero-order valence-corrected chi connectivity index (χ0v) is 16.9. The van der Waals surface area contributed by atoms with Crippen LogP contribution in [0.3, 0.4) is 0 Å². The third-order valence-electron chi connectivity index (χ3n) is 5.20. The Morgan fingerprint density at radius 1 is 0.519 bits per heavy atom. The summed E-state index contributed by atoms with van der Waals surface area (Å²) < 4.78 is 16.5. The molecule has 0 aliphatic carbocycles. The summed E-state index contributed by atoms with van der Waals surface area (Å²) >= 11 is 0. The maximum atomic E-state index is 10.3. The molecule has 3 fully saturated rings. The van der Waals surface area contributed by atoms with Crippen molar-refractivity contribution in [1.29, 1.82) is 0 Å². The van der Waals surface area contributed by atoms with Gasteiger partial charge in [0.2, 0.25) is 0 Å². The van der Waals surface area contributed by atoms with Gasteiger partial charge in [0.05, 0.1) is 51.8 Å². The molecule has 0 aromatic carbocycles. The summed E-state index contributed by atoms with van der Waals surface area (Å²) in [5.41, 5.74) is 0. The lowest BCUT2D eigenvalue weighted by molar-refractivity contribution is -0.0306. The average Bonchev–Trinajstić information content (AvgIpc) is 2.63. The van der Waals surface area contributed by atoms with Gasteiger partial charge in [0.15, 0.2) is 0 Å². The molecule has 3 aliphatic heterocycles. The third kappa shape index (κ3) is 11.3. The topological polar surface area (TPSA) is 74.6 Å². The van der Waals surface area contributed by atoms with Crippen LogP contribution in [0.25, 0.3) is 0 Å². The van der Waals surface area contributed by atoms with E-state index in [1.54, 1.807) is 0 Å². The van der Waals surface area contributed by atoms with Gasteiger partial charge < -0.3 is 34.2 Å². The predicted octanol–water partition coefficient (Wildman–Crippen LogP) is 0.730. The fourth-order valence-electron chi connectivity index (χ4n) is 3.76. The van der Waals surface area contributed by atoms with Crippen molar-refractivity contribution in [2.75, 3.05) is 78.9 Å². The van der Waals surface area contributed by atoms with E-state index in [0.717, 1.165) is 51.9 Å². The average molecular weight is 389 g/mol. The Morgan fingerprint density at radius 3 is 1.30 bits per heavy atom. The first-order valence-electron chi connectivity index (χ1n) is 10.8. The monoisotopic (exact) mass is 388 g/mol. The van der Waals surface area contributed by atoms with Crippen molar-refractivity contribution in [3.05, 3.63) is 0 Å². The molecule has 0 amide bonds. The SMILES string of the molecule is OC1COCCOCCOCC(O)CN2CCCCCN(CCCCC2)C1. The number of hydrogen-bond acceptors (Lipinski definition) is 7. The number of aliphatic hydroxyl groups excluding tert-OH is 2. The van der Waals surface area contributed by atoms with Gasteiger partial charge in [-0.15, -0.1) is 0 Å². The van der Waals surface area contributed by atoms with E-state index >= 15 is 0 Å². The maximum Gasteiger partial charge on any atom is 0.0900 e. The highest BCUT2D eigenvalue weighted by Crippen LogP contribution is 2.09. The van der Waals surface area contributed by atoms with Crippen LogP contribution in [0.4, 0.5) is 0 Å². The lowest BCUT2D eigenvalue weighted by Crippen LogP contribution is -2.38. The summed E-state index contributed by atoms with van der Waals surface area (Å²) in [5, 5.41) is 20.5. The molecule has 3 heterocycles. The van der Waals surface area contributed by atoms with Crippen LogP contribution in [0.5, 0.6) is 0 Å². The van der Waals surface area contributed by atoms with E-state index in [4.69, 9.17) is 14.2 Å². The molecule has 2 N–H and O–H groups in total. The molecule has 160 valence electrons. The van der Waals surface area contributed by atoms with Gasteiger partial charge in [0, 0.05) is 13.1 Å². The van der Waals surface area contributed by atoms with E-state index in [9.17, 15) is 10.2 Å². The molecule has 2 unspecified atom stereocenters. The summed E-state index contributed by atoms with van der Waals surface area (Å²) in [6, 6.07) is 0. The number of nitrogens with zero attached hydrogens (tertiary/aromatic N) is 2. The molecular weight excluding hydrogens is 348 g/mol. The number of hydrogen-bond donors (Lipinski definition) is 2. The quantitative estimate of drug-likeness (QED) is 0.593. The van der Waals surface area contributed by atoms with Crippen molar-refractivity contribution in [2.45, 2.75) is 50.7 Å². The molecule has 27 heavy (non-hydrogen) atoms. The summed E-state index contributed by atoms with van der Waals surface area (Å²) in [6.45, 7) is 8.20. The van der Waals surface area contributed by atoms with Crippen LogP contribution in [0, 0.1) is 0 Å². The van der Waals surface area contributed by atoms with E-state index in [2.05, 4.69) is 9.80 Å². The maximum absolute atomic E-state index is 10.3. The predicted molar refractivity (Wildman–Crippen MR) is 105 cm³/mol. The molecule has 0 aromatic rings. The van der Waals surface area contributed by atoms with Crippen LogP contribution in [-0.4, -0.2) is 111 Å². The number of ether oxygens (including phenoxy) is 3. The molecular formula is C20H40N2O5. The summed E-state index contributed by atoms with van der Waals surface area (Å²) in [4.78, 5) is 4.78. The minimum absolute atomic E-state index is 0.359.